The van der Waals surface area contributed by atoms with E-state index in [0.29, 0.717) is 5.88 Å². The van der Waals surface area contributed by atoms with Crippen LogP contribution in [0.1, 0.15) is 50.6 Å². The molecule has 19 heavy (non-hydrogen) atoms. The number of rotatable bonds is 3. The van der Waals surface area contributed by atoms with Gasteiger partial charge in [-0.3, -0.25) is 4.57 Å². The van der Waals surface area contributed by atoms with Gasteiger partial charge in [0.2, 0.25) is 0 Å². The third-order valence-electron chi connectivity index (χ3n) is 3.27. The van der Waals surface area contributed by atoms with Gasteiger partial charge in [0.05, 0.1) is 0 Å². The second-order valence-electron chi connectivity index (χ2n) is 6.07. The largest absolute Gasteiger partial charge is 0.443 e. The van der Waals surface area contributed by atoms with Gasteiger partial charge in [0.1, 0.15) is 5.60 Å². The third kappa shape index (κ3) is 3.33. The number of halogens is 1. The number of aryl methyl sites for hydroxylation is 2. The monoisotopic (exact) mass is 283 g/mol. The van der Waals surface area contributed by atoms with Crippen molar-refractivity contribution < 1.29 is 9.53 Å². The molecular formula is C15H22ClNO2. The van der Waals surface area contributed by atoms with Gasteiger partial charge < -0.3 is 4.74 Å². The van der Waals surface area contributed by atoms with Gasteiger partial charge in [0.25, 0.3) is 0 Å². The van der Waals surface area contributed by atoms with Crippen molar-refractivity contribution >= 4 is 17.7 Å². The molecule has 0 saturated carbocycles. The molecular weight excluding hydrogens is 262 g/mol. The van der Waals surface area contributed by atoms with Crippen LogP contribution in [0.3, 0.4) is 0 Å². The topological polar surface area (TPSA) is 31.2 Å². The molecule has 0 unspecified atom stereocenters. The van der Waals surface area contributed by atoms with E-state index in [1.807, 2.05) is 20.8 Å². The van der Waals surface area contributed by atoms with E-state index in [2.05, 4.69) is 6.07 Å². The van der Waals surface area contributed by atoms with Gasteiger partial charge in [-0.2, -0.15) is 0 Å². The van der Waals surface area contributed by atoms with Gasteiger partial charge in [-0.15, -0.1) is 11.6 Å². The highest BCUT2D eigenvalue weighted by Gasteiger charge is 2.26. The summed E-state index contributed by atoms with van der Waals surface area (Å²) in [5.74, 6) is 0.615. The Morgan fingerprint density at radius 1 is 1.42 bits per heavy atom. The maximum atomic E-state index is 12.4. The first-order valence-corrected chi connectivity index (χ1v) is 7.47. The molecule has 1 heterocycles. The van der Waals surface area contributed by atoms with E-state index >= 15 is 0 Å². The normalized spacial score (nSPS) is 14.5. The second kappa shape index (κ2) is 5.58. The van der Waals surface area contributed by atoms with E-state index < -0.39 is 5.60 Å². The fourth-order valence-corrected chi connectivity index (χ4v) is 2.70. The Hall–Kier alpha value is -0.960. The number of alkyl halides is 1. The average Bonchev–Trinajstić information content (AvgIpc) is 2.82. The van der Waals surface area contributed by atoms with Gasteiger partial charge >= 0.3 is 6.09 Å². The van der Waals surface area contributed by atoms with Gasteiger partial charge in [-0.25, -0.2) is 4.79 Å². The molecule has 0 atom stereocenters. The maximum Gasteiger partial charge on any atom is 0.418 e. The van der Waals surface area contributed by atoms with Crippen molar-refractivity contribution in [1.29, 1.82) is 0 Å². The summed E-state index contributed by atoms with van der Waals surface area (Å²) < 4.78 is 7.30. The lowest BCUT2D eigenvalue weighted by Gasteiger charge is -2.21. The van der Waals surface area contributed by atoms with Crippen molar-refractivity contribution in [3.05, 3.63) is 23.0 Å². The number of hydrogen-bond donors (Lipinski definition) is 0. The third-order valence-corrected chi connectivity index (χ3v) is 3.54. The predicted octanol–water partition coefficient (Wildman–Crippen LogP) is 3.93. The van der Waals surface area contributed by atoms with E-state index in [4.69, 9.17) is 16.3 Å². The lowest BCUT2D eigenvalue weighted by atomic mass is 10.2. The minimum Gasteiger partial charge on any atom is -0.443 e. The summed E-state index contributed by atoms with van der Waals surface area (Å²) in [6.07, 6.45) is 4.63. The molecule has 1 aliphatic carbocycles. The van der Waals surface area contributed by atoms with Crippen molar-refractivity contribution in [2.45, 2.75) is 58.5 Å². The Morgan fingerprint density at radius 3 is 2.79 bits per heavy atom. The van der Waals surface area contributed by atoms with Crippen molar-refractivity contribution in [2.75, 3.05) is 5.88 Å². The van der Waals surface area contributed by atoms with Gasteiger partial charge in [0, 0.05) is 17.3 Å². The first-order chi connectivity index (χ1) is 8.92. The molecule has 0 spiro atoms. The van der Waals surface area contributed by atoms with Crippen LogP contribution in [0.4, 0.5) is 4.79 Å². The van der Waals surface area contributed by atoms with Crippen LogP contribution in [0.15, 0.2) is 6.07 Å². The van der Waals surface area contributed by atoms with Crippen molar-refractivity contribution in [2.24, 2.45) is 0 Å². The van der Waals surface area contributed by atoms with Crippen LogP contribution in [0.2, 0.25) is 0 Å². The molecule has 2 rings (SSSR count). The highest BCUT2D eigenvalue weighted by Crippen LogP contribution is 2.27. The van der Waals surface area contributed by atoms with E-state index in [0.717, 1.165) is 43.5 Å². The van der Waals surface area contributed by atoms with Crippen LogP contribution in [0.5, 0.6) is 0 Å². The molecule has 0 saturated heterocycles. The Morgan fingerprint density at radius 2 is 2.16 bits per heavy atom. The Kier molecular flexibility index (Phi) is 4.24. The van der Waals surface area contributed by atoms with Crippen molar-refractivity contribution in [3.63, 3.8) is 0 Å². The first kappa shape index (κ1) is 14.4. The quantitative estimate of drug-likeness (QED) is 0.787. The average molecular weight is 284 g/mol. The molecule has 0 fully saturated rings. The van der Waals surface area contributed by atoms with E-state index in [9.17, 15) is 4.79 Å². The molecule has 3 nitrogen and oxygen atoms in total. The molecule has 0 amide bonds. The molecule has 0 aromatic carbocycles. The molecule has 1 aliphatic rings. The van der Waals surface area contributed by atoms with Crippen LogP contribution in [-0.4, -0.2) is 22.1 Å². The molecule has 106 valence electrons. The Bertz CT molecular complexity index is 471. The fraction of sp³-hybridized carbons (Fsp3) is 0.667. The van der Waals surface area contributed by atoms with E-state index in [1.165, 1.54) is 5.56 Å². The number of ether oxygens (including phenoxy) is 1. The summed E-state index contributed by atoms with van der Waals surface area (Å²) in [5.41, 5.74) is 3.02. The zero-order chi connectivity index (χ0) is 14.0. The molecule has 0 aliphatic heterocycles. The SMILES string of the molecule is CC(C)(C)OC(=O)n1c(CCCCl)cc2c1CCC2. The summed E-state index contributed by atoms with van der Waals surface area (Å²) in [5, 5.41) is 0. The van der Waals surface area contributed by atoms with E-state index in [-0.39, 0.29) is 6.09 Å². The van der Waals surface area contributed by atoms with E-state index in [1.54, 1.807) is 4.57 Å². The molecule has 0 radical (unpaired) electrons. The Balaban J connectivity index is 2.28. The summed E-state index contributed by atoms with van der Waals surface area (Å²) in [6.45, 7) is 5.69. The van der Waals surface area contributed by atoms with Crippen LogP contribution in [0.25, 0.3) is 0 Å². The van der Waals surface area contributed by atoms with Crippen LogP contribution in [0, 0.1) is 0 Å². The van der Waals surface area contributed by atoms with Crippen LogP contribution in [-0.2, 0) is 24.0 Å². The standard InChI is InChI=1S/C15H22ClNO2/c1-15(2,3)19-14(18)17-12(7-5-9-16)10-11-6-4-8-13(11)17/h10H,4-9H2,1-3H3. The van der Waals surface area contributed by atoms with Crippen molar-refractivity contribution in [1.82, 2.24) is 4.57 Å². The predicted molar refractivity (Wildman–Crippen MR) is 77.1 cm³/mol. The lowest BCUT2D eigenvalue weighted by molar-refractivity contribution is 0.0529. The highest BCUT2D eigenvalue weighted by atomic mass is 35.5. The number of hydrogen-bond acceptors (Lipinski definition) is 2. The zero-order valence-electron chi connectivity index (χ0n) is 12.0. The molecule has 0 bridgehead atoms. The number of nitrogens with zero attached hydrogens (tertiary/aromatic N) is 1. The number of carbonyl (C=O) groups excluding carboxylic acids is 1. The second-order valence-corrected chi connectivity index (χ2v) is 6.45. The summed E-state index contributed by atoms with van der Waals surface area (Å²) in [6, 6.07) is 2.15. The Labute approximate surface area is 119 Å². The molecule has 4 heteroatoms. The highest BCUT2D eigenvalue weighted by molar-refractivity contribution is 6.17. The summed E-state index contributed by atoms with van der Waals surface area (Å²) in [4.78, 5) is 12.4. The fourth-order valence-electron chi connectivity index (χ4n) is 2.57. The van der Waals surface area contributed by atoms with Crippen LogP contribution >= 0.6 is 11.6 Å². The van der Waals surface area contributed by atoms with Crippen LogP contribution < -0.4 is 0 Å². The molecule has 0 N–H and O–H groups in total. The summed E-state index contributed by atoms with van der Waals surface area (Å²) in [7, 11) is 0. The molecule has 1 aromatic rings. The number of aromatic nitrogens is 1. The van der Waals surface area contributed by atoms with Gasteiger partial charge in [-0.05, 0) is 64.5 Å². The minimum absolute atomic E-state index is 0.250. The van der Waals surface area contributed by atoms with Crippen molar-refractivity contribution in [3.8, 4) is 0 Å². The minimum atomic E-state index is -0.462. The first-order valence-electron chi connectivity index (χ1n) is 6.94. The van der Waals surface area contributed by atoms with Gasteiger partial charge in [-0.1, -0.05) is 0 Å². The molecule has 1 aromatic heterocycles. The number of carbonyl (C=O) groups is 1. The lowest BCUT2D eigenvalue weighted by Crippen LogP contribution is -2.29. The van der Waals surface area contributed by atoms with Gasteiger partial charge in [0.15, 0.2) is 0 Å². The zero-order valence-corrected chi connectivity index (χ0v) is 12.7. The number of fused-ring (bicyclic) bond motifs is 1. The maximum absolute atomic E-state index is 12.4. The summed E-state index contributed by atoms with van der Waals surface area (Å²) >= 11 is 5.76. The smallest absolute Gasteiger partial charge is 0.418 e.